The van der Waals surface area contributed by atoms with Gasteiger partial charge in [0.1, 0.15) is 0 Å². The van der Waals surface area contributed by atoms with Crippen LogP contribution < -0.4 is 0 Å². The van der Waals surface area contributed by atoms with Crippen molar-refractivity contribution < 1.29 is 10.2 Å². The molecule has 82 valence electrons. The topological polar surface area (TPSA) is 40.5 Å². The molecule has 0 saturated carbocycles. The molecule has 2 nitrogen and oxygen atoms in total. The third-order valence-electron chi connectivity index (χ3n) is 2.27. The van der Waals surface area contributed by atoms with Crippen molar-refractivity contribution in [2.75, 3.05) is 0 Å². The second kappa shape index (κ2) is 5.69. The first-order chi connectivity index (χ1) is 7.09. The summed E-state index contributed by atoms with van der Waals surface area (Å²) in [7, 11) is 0. The molecule has 2 heteroatoms. The first-order valence-corrected chi connectivity index (χ1v) is 5.20. The van der Waals surface area contributed by atoms with Gasteiger partial charge >= 0.3 is 0 Å². The quantitative estimate of drug-likeness (QED) is 0.742. The van der Waals surface area contributed by atoms with Crippen LogP contribution in [0.25, 0.3) is 0 Å². The molecular weight excluding hydrogens is 188 g/mol. The Morgan fingerprint density at radius 1 is 1.20 bits per heavy atom. The molecule has 1 rings (SSSR count). The van der Waals surface area contributed by atoms with E-state index in [0.29, 0.717) is 0 Å². The van der Waals surface area contributed by atoms with Crippen molar-refractivity contribution >= 4 is 0 Å². The molecule has 2 N–H and O–H groups in total. The lowest BCUT2D eigenvalue weighted by Crippen LogP contribution is -2.04. The summed E-state index contributed by atoms with van der Waals surface area (Å²) < 4.78 is 0. The van der Waals surface area contributed by atoms with E-state index in [1.54, 1.807) is 19.9 Å². The van der Waals surface area contributed by atoms with Gasteiger partial charge in [-0.05, 0) is 31.4 Å². The summed E-state index contributed by atoms with van der Waals surface area (Å²) in [6.45, 7) is 3.48. The van der Waals surface area contributed by atoms with Gasteiger partial charge in [-0.3, -0.25) is 0 Å². The van der Waals surface area contributed by atoms with Crippen LogP contribution in [0.1, 0.15) is 20.3 Å². The van der Waals surface area contributed by atoms with Gasteiger partial charge in [-0.1, -0.05) is 36.5 Å². The molecule has 0 amide bonds. The fraction of sp³-hybridized carbons (Fsp3) is 0.385. The standard InChI is InChI=1S/C13H18O2/c1-10(14)7-8-12-5-3-4-6-13(9-12)11(2)15/h3-8,10-11,14-15H,9H2,1-2H3/b8-7+. The van der Waals surface area contributed by atoms with Gasteiger partial charge in [-0.25, -0.2) is 0 Å². The maximum atomic E-state index is 9.49. The lowest BCUT2D eigenvalue weighted by molar-refractivity contribution is 0.229. The maximum absolute atomic E-state index is 9.49. The zero-order valence-electron chi connectivity index (χ0n) is 9.22. The smallest absolute Gasteiger partial charge is 0.0728 e. The molecule has 0 spiro atoms. The van der Waals surface area contributed by atoms with Crippen molar-refractivity contribution in [3.05, 3.63) is 47.6 Å². The van der Waals surface area contributed by atoms with Crippen LogP contribution in [-0.4, -0.2) is 22.4 Å². The van der Waals surface area contributed by atoms with Gasteiger partial charge in [0.05, 0.1) is 12.2 Å². The highest BCUT2D eigenvalue weighted by Crippen LogP contribution is 2.18. The molecule has 0 saturated heterocycles. The van der Waals surface area contributed by atoms with Gasteiger partial charge in [-0.2, -0.15) is 0 Å². The maximum Gasteiger partial charge on any atom is 0.0728 e. The molecule has 0 heterocycles. The fourth-order valence-corrected chi connectivity index (χ4v) is 1.38. The first kappa shape index (κ1) is 12.0. The number of aliphatic hydroxyl groups is 2. The van der Waals surface area contributed by atoms with Crippen molar-refractivity contribution in [3.8, 4) is 0 Å². The van der Waals surface area contributed by atoms with Gasteiger partial charge in [0, 0.05) is 0 Å². The van der Waals surface area contributed by atoms with Crippen molar-refractivity contribution in [3.63, 3.8) is 0 Å². The van der Waals surface area contributed by atoms with Crippen molar-refractivity contribution in [1.29, 1.82) is 0 Å². The third-order valence-corrected chi connectivity index (χ3v) is 2.27. The average molecular weight is 206 g/mol. The summed E-state index contributed by atoms with van der Waals surface area (Å²) in [6, 6.07) is 0. The molecule has 1 aliphatic carbocycles. The van der Waals surface area contributed by atoms with Gasteiger partial charge in [0.15, 0.2) is 0 Å². The molecule has 1 aliphatic rings. The molecule has 2 atom stereocenters. The predicted molar refractivity (Wildman–Crippen MR) is 62.4 cm³/mol. The van der Waals surface area contributed by atoms with E-state index in [1.807, 2.05) is 30.4 Å². The monoisotopic (exact) mass is 206 g/mol. The zero-order valence-corrected chi connectivity index (χ0v) is 9.22. The third kappa shape index (κ3) is 4.28. The van der Waals surface area contributed by atoms with Crippen molar-refractivity contribution in [2.45, 2.75) is 32.5 Å². The number of hydrogen-bond donors (Lipinski definition) is 2. The zero-order chi connectivity index (χ0) is 11.3. The molecule has 0 aromatic carbocycles. The second-order valence-corrected chi connectivity index (χ2v) is 3.82. The number of rotatable bonds is 3. The van der Waals surface area contributed by atoms with E-state index in [1.165, 1.54) is 0 Å². The Bertz CT molecular complexity index is 317. The molecule has 0 aliphatic heterocycles. The van der Waals surface area contributed by atoms with Gasteiger partial charge in [0.2, 0.25) is 0 Å². The second-order valence-electron chi connectivity index (χ2n) is 3.82. The Kier molecular flexibility index (Phi) is 4.53. The van der Waals surface area contributed by atoms with Gasteiger partial charge in [0.25, 0.3) is 0 Å². The van der Waals surface area contributed by atoms with Crippen LogP contribution in [0, 0.1) is 0 Å². The minimum absolute atomic E-state index is 0.420. The summed E-state index contributed by atoms with van der Waals surface area (Å²) in [5, 5.41) is 18.6. The summed E-state index contributed by atoms with van der Waals surface area (Å²) in [5.41, 5.74) is 2.09. The summed E-state index contributed by atoms with van der Waals surface area (Å²) >= 11 is 0. The van der Waals surface area contributed by atoms with Crippen LogP contribution in [0.5, 0.6) is 0 Å². The van der Waals surface area contributed by atoms with E-state index in [4.69, 9.17) is 5.11 Å². The highest BCUT2D eigenvalue weighted by Gasteiger charge is 2.07. The number of allylic oxidation sites excluding steroid dienone is 6. The Morgan fingerprint density at radius 2 is 1.87 bits per heavy atom. The summed E-state index contributed by atoms with van der Waals surface area (Å²) in [4.78, 5) is 0. The van der Waals surface area contributed by atoms with E-state index >= 15 is 0 Å². The Hall–Kier alpha value is -1.12. The molecular formula is C13H18O2. The summed E-state index contributed by atoms with van der Waals surface area (Å²) in [6.07, 6.45) is 11.3. The Balaban J connectivity index is 2.73. The van der Waals surface area contributed by atoms with Crippen LogP contribution >= 0.6 is 0 Å². The average Bonchev–Trinajstić information content (AvgIpc) is 2.39. The van der Waals surface area contributed by atoms with Crippen LogP contribution in [0.4, 0.5) is 0 Å². The highest BCUT2D eigenvalue weighted by molar-refractivity contribution is 5.35. The summed E-state index contributed by atoms with van der Waals surface area (Å²) in [5.74, 6) is 0. The van der Waals surface area contributed by atoms with E-state index < -0.39 is 12.2 Å². The minimum atomic E-state index is -0.433. The lowest BCUT2D eigenvalue weighted by Gasteiger charge is -2.09. The normalized spacial score (nSPS) is 20.8. The van der Waals surface area contributed by atoms with Crippen LogP contribution in [-0.2, 0) is 0 Å². The highest BCUT2D eigenvalue weighted by atomic mass is 16.3. The van der Waals surface area contributed by atoms with Crippen molar-refractivity contribution in [1.82, 2.24) is 0 Å². The Labute approximate surface area is 90.9 Å². The molecule has 0 radical (unpaired) electrons. The minimum Gasteiger partial charge on any atom is -0.389 e. The molecule has 0 aromatic rings. The van der Waals surface area contributed by atoms with E-state index in [2.05, 4.69) is 0 Å². The van der Waals surface area contributed by atoms with E-state index in [0.717, 1.165) is 17.6 Å². The Morgan fingerprint density at radius 3 is 2.47 bits per heavy atom. The molecule has 0 fully saturated rings. The molecule has 0 aromatic heterocycles. The molecule has 15 heavy (non-hydrogen) atoms. The van der Waals surface area contributed by atoms with Crippen LogP contribution in [0.2, 0.25) is 0 Å². The predicted octanol–water partition coefficient (Wildman–Crippen LogP) is 2.12. The molecule has 0 bridgehead atoms. The van der Waals surface area contributed by atoms with E-state index in [9.17, 15) is 5.11 Å². The van der Waals surface area contributed by atoms with Gasteiger partial charge < -0.3 is 10.2 Å². The molecule has 2 unspecified atom stereocenters. The van der Waals surface area contributed by atoms with Gasteiger partial charge in [-0.15, -0.1) is 0 Å². The fourth-order valence-electron chi connectivity index (χ4n) is 1.38. The largest absolute Gasteiger partial charge is 0.389 e. The van der Waals surface area contributed by atoms with E-state index in [-0.39, 0.29) is 0 Å². The van der Waals surface area contributed by atoms with Crippen LogP contribution in [0.15, 0.2) is 47.6 Å². The number of aliphatic hydroxyl groups excluding tert-OH is 2. The number of hydrogen-bond acceptors (Lipinski definition) is 2. The lowest BCUT2D eigenvalue weighted by atomic mass is 10.0. The first-order valence-electron chi connectivity index (χ1n) is 5.20. The van der Waals surface area contributed by atoms with Crippen molar-refractivity contribution in [2.24, 2.45) is 0 Å². The van der Waals surface area contributed by atoms with Crippen LogP contribution in [0.3, 0.4) is 0 Å². The SMILES string of the molecule is CC(O)/C=C/C1=CC=CC=C(C(C)O)C1.